The number of aryl methyl sites for hydroxylation is 1. The maximum atomic E-state index is 4.54. The van der Waals surface area contributed by atoms with Crippen molar-refractivity contribution in [2.45, 2.75) is 72.0 Å². The molecule has 0 aromatic carbocycles. The molecule has 1 atom stereocenters. The molecule has 0 aliphatic heterocycles. The summed E-state index contributed by atoms with van der Waals surface area (Å²) in [4.78, 5) is 4.54. The van der Waals surface area contributed by atoms with E-state index in [1.807, 2.05) is 6.20 Å². The molecule has 1 aromatic heterocycles. The number of hydrogen-bond acceptors (Lipinski definition) is 2. The fourth-order valence-corrected chi connectivity index (χ4v) is 2.16. The number of nitrogens with zero attached hydrogens (tertiary/aromatic N) is 2. The highest BCUT2D eigenvalue weighted by atomic mass is 15.1. The van der Waals surface area contributed by atoms with Crippen molar-refractivity contribution in [1.82, 2.24) is 14.9 Å². The van der Waals surface area contributed by atoms with Crippen molar-refractivity contribution in [2.24, 2.45) is 0 Å². The molecule has 3 nitrogen and oxygen atoms in total. The van der Waals surface area contributed by atoms with Crippen molar-refractivity contribution in [2.75, 3.05) is 0 Å². The van der Waals surface area contributed by atoms with Crippen molar-refractivity contribution >= 4 is 0 Å². The van der Waals surface area contributed by atoms with E-state index in [-0.39, 0.29) is 0 Å². The molecular weight excluding hydrogens is 210 g/mol. The summed E-state index contributed by atoms with van der Waals surface area (Å²) in [6, 6.07) is 0.903. The molecular formula is C14H27N3. The Hall–Kier alpha value is -0.830. The molecule has 3 heteroatoms. The third kappa shape index (κ3) is 4.50. The third-order valence-electron chi connectivity index (χ3n) is 2.90. The van der Waals surface area contributed by atoms with Gasteiger partial charge < -0.3 is 9.88 Å². The minimum absolute atomic E-state index is 0.400. The lowest BCUT2D eigenvalue weighted by Gasteiger charge is -2.21. The fourth-order valence-electron chi connectivity index (χ4n) is 2.16. The van der Waals surface area contributed by atoms with Crippen LogP contribution in [-0.4, -0.2) is 15.6 Å². The molecule has 0 saturated carbocycles. The highest BCUT2D eigenvalue weighted by molar-refractivity contribution is 5.00. The van der Waals surface area contributed by atoms with Crippen LogP contribution in [0, 0.1) is 0 Å². The van der Waals surface area contributed by atoms with Crippen LogP contribution in [0.2, 0.25) is 0 Å². The third-order valence-corrected chi connectivity index (χ3v) is 2.90. The number of unbranched alkanes of at least 4 members (excludes halogenated alkanes) is 1. The Morgan fingerprint density at radius 1 is 1.29 bits per heavy atom. The maximum absolute atomic E-state index is 4.54. The quantitative estimate of drug-likeness (QED) is 0.749. The number of aromatic nitrogens is 2. The zero-order valence-electron chi connectivity index (χ0n) is 11.7. The first-order valence-corrected chi connectivity index (χ1v) is 6.96. The smallest absolute Gasteiger partial charge is 0.125 e. The van der Waals surface area contributed by atoms with Gasteiger partial charge in [0.15, 0.2) is 0 Å². The lowest BCUT2D eigenvalue weighted by molar-refractivity contribution is 0.407. The van der Waals surface area contributed by atoms with Gasteiger partial charge in [-0.3, -0.25) is 0 Å². The highest BCUT2D eigenvalue weighted by Crippen LogP contribution is 2.19. The van der Waals surface area contributed by atoms with E-state index in [9.17, 15) is 0 Å². The van der Waals surface area contributed by atoms with Crippen LogP contribution < -0.4 is 5.32 Å². The maximum Gasteiger partial charge on any atom is 0.125 e. The molecule has 1 heterocycles. The summed E-state index contributed by atoms with van der Waals surface area (Å²) in [5.41, 5.74) is 0. The van der Waals surface area contributed by atoms with E-state index in [0.717, 1.165) is 13.0 Å². The van der Waals surface area contributed by atoms with Crippen molar-refractivity contribution in [3.05, 3.63) is 18.2 Å². The van der Waals surface area contributed by atoms with Gasteiger partial charge in [-0.2, -0.15) is 0 Å². The van der Waals surface area contributed by atoms with Crippen molar-refractivity contribution in [1.29, 1.82) is 0 Å². The summed E-state index contributed by atoms with van der Waals surface area (Å²) in [5, 5.41) is 3.63. The van der Waals surface area contributed by atoms with E-state index in [1.165, 1.54) is 25.1 Å². The normalized spacial score (nSPS) is 13.2. The van der Waals surface area contributed by atoms with Crippen LogP contribution in [0.15, 0.2) is 12.4 Å². The average molecular weight is 237 g/mol. The van der Waals surface area contributed by atoms with Crippen LogP contribution in [0.1, 0.15) is 65.2 Å². The largest absolute Gasteiger partial charge is 0.334 e. The van der Waals surface area contributed by atoms with Gasteiger partial charge in [-0.25, -0.2) is 4.98 Å². The molecule has 0 aliphatic rings. The van der Waals surface area contributed by atoms with Crippen LogP contribution in [-0.2, 0) is 6.54 Å². The summed E-state index contributed by atoms with van der Waals surface area (Å²) >= 11 is 0. The Morgan fingerprint density at radius 3 is 2.65 bits per heavy atom. The minimum atomic E-state index is 0.400. The first kappa shape index (κ1) is 14.2. The average Bonchev–Trinajstić information content (AvgIpc) is 2.72. The molecule has 0 radical (unpaired) electrons. The summed E-state index contributed by atoms with van der Waals surface area (Å²) < 4.78 is 2.29. The van der Waals surface area contributed by atoms with Gasteiger partial charge in [0.05, 0.1) is 6.04 Å². The SMILES string of the molecule is CCCCC(NC(C)C)c1nccn1CCC. The van der Waals surface area contributed by atoms with Gasteiger partial charge in [-0.05, 0) is 12.8 Å². The Kier molecular flexibility index (Phi) is 6.27. The van der Waals surface area contributed by atoms with Crippen LogP contribution >= 0.6 is 0 Å². The molecule has 0 saturated heterocycles. The van der Waals surface area contributed by atoms with E-state index >= 15 is 0 Å². The van der Waals surface area contributed by atoms with E-state index in [0.29, 0.717) is 12.1 Å². The Labute approximate surface area is 106 Å². The van der Waals surface area contributed by atoms with Crippen molar-refractivity contribution < 1.29 is 0 Å². The number of nitrogens with one attached hydrogen (secondary N) is 1. The summed E-state index contributed by atoms with van der Waals surface area (Å²) in [6.45, 7) is 9.92. The second-order valence-corrected chi connectivity index (χ2v) is 5.00. The Bertz CT molecular complexity index is 304. The predicted octanol–water partition coefficient (Wildman–Crippen LogP) is 3.52. The molecule has 0 amide bonds. The van der Waals surface area contributed by atoms with Gasteiger partial charge >= 0.3 is 0 Å². The lowest BCUT2D eigenvalue weighted by Crippen LogP contribution is -2.30. The van der Waals surface area contributed by atoms with Gasteiger partial charge in [-0.15, -0.1) is 0 Å². The second-order valence-electron chi connectivity index (χ2n) is 5.00. The monoisotopic (exact) mass is 237 g/mol. The number of hydrogen-bond donors (Lipinski definition) is 1. The van der Waals surface area contributed by atoms with E-state index in [4.69, 9.17) is 0 Å². The molecule has 0 spiro atoms. The lowest BCUT2D eigenvalue weighted by atomic mass is 10.1. The molecule has 1 rings (SSSR count). The zero-order chi connectivity index (χ0) is 12.7. The van der Waals surface area contributed by atoms with Gasteiger partial charge in [0, 0.05) is 25.0 Å². The molecule has 1 N–H and O–H groups in total. The van der Waals surface area contributed by atoms with Crippen molar-refractivity contribution in [3.8, 4) is 0 Å². The molecule has 17 heavy (non-hydrogen) atoms. The summed E-state index contributed by atoms with van der Waals surface area (Å²) in [5.74, 6) is 1.20. The molecule has 0 aliphatic carbocycles. The summed E-state index contributed by atoms with van der Waals surface area (Å²) in [6.07, 6.45) is 8.85. The van der Waals surface area contributed by atoms with Crippen LogP contribution in [0.5, 0.6) is 0 Å². The first-order valence-electron chi connectivity index (χ1n) is 6.96. The number of rotatable bonds is 8. The second kappa shape index (κ2) is 7.49. The zero-order valence-corrected chi connectivity index (χ0v) is 11.7. The van der Waals surface area contributed by atoms with Crippen LogP contribution in [0.4, 0.5) is 0 Å². The molecule has 0 bridgehead atoms. The summed E-state index contributed by atoms with van der Waals surface area (Å²) in [7, 11) is 0. The van der Waals surface area contributed by atoms with E-state index in [1.54, 1.807) is 0 Å². The Morgan fingerprint density at radius 2 is 2.06 bits per heavy atom. The van der Waals surface area contributed by atoms with Gasteiger partial charge in [0.2, 0.25) is 0 Å². The molecule has 1 unspecified atom stereocenters. The van der Waals surface area contributed by atoms with Gasteiger partial charge in [0.1, 0.15) is 5.82 Å². The standard InChI is InChI=1S/C14H27N3/c1-5-7-8-13(16-12(3)4)14-15-9-11-17(14)10-6-2/h9,11-13,16H,5-8,10H2,1-4H3. The molecule has 1 aromatic rings. The predicted molar refractivity (Wildman–Crippen MR) is 73.1 cm³/mol. The first-order chi connectivity index (χ1) is 8.19. The molecule has 0 fully saturated rings. The minimum Gasteiger partial charge on any atom is -0.334 e. The van der Waals surface area contributed by atoms with Gasteiger partial charge in [-0.1, -0.05) is 40.5 Å². The van der Waals surface area contributed by atoms with Crippen molar-refractivity contribution in [3.63, 3.8) is 0 Å². The highest BCUT2D eigenvalue weighted by Gasteiger charge is 2.16. The van der Waals surface area contributed by atoms with Crippen LogP contribution in [0.3, 0.4) is 0 Å². The Balaban J connectivity index is 2.75. The topological polar surface area (TPSA) is 29.9 Å². The fraction of sp³-hybridized carbons (Fsp3) is 0.786. The molecule has 98 valence electrons. The van der Waals surface area contributed by atoms with Gasteiger partial charge in [0.25, 0.3) is 0 Å². The van der Waals surface area contributed by atoms with E-state index in [2.05, 4.69) is 48.8 Å². The number of imidazole rings is 1. The van der Waals surface area contributed by atoms with E-state index < -0.39 is 0 Å². The van der Waals surface area contributed by atoms with Crippen LogP contribution in [0.25, 0.3) is 0 Å².